The Morgan fingerprint density at radius 2 is 1.68 bits per heavy atom. The predicted octanol–water partition coefficient (Wildman–Crippen LogP) is 3.01. The van der Waals surface area contributed by atoms with Crippen LogP contribution >= 0.6 is 0 Å². The Hall–Kier alpha value is -1.26. The molecule has 0 atom stereocenters. The Morgan fingerprint density at radius 3 is 2.00 bits per heavy atom. The number of alkyl carbamates (subject to hydrolysis) is 1. The van der Waals surface area contributed by atoms with Crippen LogP contribution in [0.5, 0.6) is 0 Å². The fraction of sp³-hybridized carbons (Fsp3) is 0.857. The summed E-state index contributed by atoms with van der Waals surface area (Å²) < 4.78 is 4.94. The highest BCUT2D eigenvalue weighted by molar-refractivity contribution is 5.94. The molecule has 19 heavy (non-hydrogen) atoms. The monoisotopic (exact) mass is 271 g/mol. The van der Waals surface area contributed by atoms with E-state index < -0.39 is 6.09 Å². The SMILES string of the molecule is CCOC(=O)NC(=NC(C)(C)C)N(C(C)C)C(C)C. The van der Waals surface area contributed by atoms with Gasteiger partial charge in [0.15, 0.2) is 0 Å². The predicted molar refractivity (Wildman–Crippen MR) is 79.5 cm³/mol. The fourth-order valence-electron chi connectivity index (χ4n) is 1.81. The van der Waals surface area contributed by atoms with Crippen molar-refractivity contribution in [2.24, 2.45) is 4.99 Å². The zero-order valence-electron chi connectivity index (χ0n) is 13.6. The number of aliphatic imine (C=N–C) groups is 1. The molecule has 0 aromatic rings. The third-order valence-electron chi connectivity index (χ3n) is 2.29. The van der Waals surface area contributed by atoms with Crippen molar-refractivity contribution in [1.29, 1.82) is 0 Å². The van der Waals surface area contributed by atoms with Crippen LogP contribution in [0, 0.1) is 0 Å². The lowest BCUT2D eigenvalue weighted by molar-refractivity contribution is 0.155. The Kier molecular flexibility index (Phi) is 6.87. The van der Waals surface area contributed by atoms with Gasteiger partial charge in [-0.2, -0.15) is 0 Å². The fourth-order valence-corrected chi connectivity index (χ4v) is 1.81. The standard InChI is InChI=1S/C14H29N3O2/c1-9-19-13(18)15-12(16-14(6,7)8)17(10(2)3)11(4)5/h10-11H,9H2,1-8H3,(H,15,16,18). The van der Waals surface area contributed by atoms with Gasteiger partial charge in [-0.05, 0) is 55.4 Å². The molecule has 5 nitrogen and oxygen atoms in total. The lowest BCUT2D eigenvalue weighted by atomic mass is 10.1. The summed E-state index contributed by atoms with van der Waals surface area (Å²) >= 11 is 0. The van der Waals surface area contributed by atoms with Crippen LogP contribution in [0.4, 0.5) is 4.79 Å². The number of guanidine groups is 1. The highest BCUT2D eigenvalue weighted by Gasteiger charge is 2.23. The molecule has 0 bridgehead atoms. The Bertz CT molecular complexity index is 309. The van der Waals surface area contributed by atoms with Gasteiger partial charge in [-0.1, -0.05) is 0 Å². The largest absolute Gasteiger partial charge is 0.450 e. The molecular formula is C14H29N3O2. The van der Waals surface area contributed by atoms with Gasteiger partial charge < -0.3 is 9.64 Å². The Morgan fingerprint density at radius 1 is 1.21 bits per heavy atom. The first kappa shape index (κ1) is 17.7. The van der Waals surface area contributed by atoms with Crippen LogP contribution in [0.3, 0.4) is 0 Å². The molecule has 0 radical (unpaired) electrons. The van der Waals surface area contributed by atoms with Gasteiger partial charge >= 0.3 is 6.09 Å². The van der Waals surface area contributed by atoms with Crippen molar-refractivity contribution in [2.45, 2.75) is 73.0 Å². The van der Waals surface area contributed by atoms with E-state index in [1.54, 1.807) is 6.92 Å². The number of ether oxygens (including phenoxy) is 1. The van der Waals surface area contributed by atoms with Crippen molar-refractivity contribution in [2.75, 3.05) is 6.61 Å². The maximum atomic E-state index is 11.6. The molecule has 0 rings (SSSR count). The van der Waals surface area contributed by atoms with Crippen LogP contribution in [0.1, 0.15) is 55.4 Å². The average Bonchev–Trinajstić information content (AvgIpc) is 2.12. The van der Waals surface area contributed by atoms with Gasteiger partial charge in [0.25, 0.3) is 0 Å². The molecule has 0 aromatic carbocycles. The summed E-state index contributed by atoms with van der Waals surface area (Å²) in [7, 11) is 0. The molecule has 0 aromatic heterocycles. The Labute approximate surface area is 117 Å². The van der Waals surface area contributed by atoms with E-state index in [0.717, 1.165) is 0 Å². The second-order valence-corrected chi connectivity index (χ2v) is 6.05. The van der Waals surface area contributed by atoms with Crippen LogP contribution in [0.25, 0.3) is 0 Å². The van der Waals surface area contributed by atoms with Crippen LogP contribution < -0.4 is 5.32 Å². The molecule has 0 aliphatic heterocycles. The summed E-state index contributed by atoms with van der Waals surface area (Å²) in [6.07, 6.45) is -0.461. The first-order valence-corrected chi connectivity index (χ1v) is 6.90. The molecule has 0 aliphatic carbocycles. The van der Waals surface area contributed by atoms with E-state index in [-0.39, 0.29) is 17.6 Å². The molecular weight excluding hydrogens is 242 g/mol. The van der Waals surface area contributed by atoms with Crippen LogP contribution in [-0.2, 0) is 4.74 Å². The third-order valence-corrected chi connectivity index (χ3v) is 2.29. The zero-order chi connectivity index (χ0) is 15.2. The number of carbonyl (C=O) groups excluding carboxylic acids is 1. The molecule has 112 valence electrons. The van der Waals surface area contributed by atoms with E-state index in [1.807, 2.05) is 20.8 Å². The molecule has 0 spiro atoms. The third kappa shape index (κ3) is 7.03. The molecule has 5 heteroatoms. The maximum absolute atomic E-state index is 11.6. The summed E-state index contributed by atoms with van der Waals surface area (Å²) in [6, 6.07) is 0.478. The number of nitrogens with one attached hydrogen (secondary N) is 1. The molecule has 0 heterocycles. The molecule has 1 amide bonds. The number of amides is 1. The van der Waals surface area contributed by atoms with Gasteiger partial charge in [-0.3, -0.25) is 5.32 Å². The minimum atomic E-state index is -0.461. The first-order chi connectivity index (χ1) is 8.58. The topological polar surface area (TPSA) is 53.9 Å². The van der Waals surface area contributed by atoms with E-state index in [4.69, 9.17) is 4.74 Å². The van der Waals surface area contributed by atoms with Crippen LogP contribution in [0.15, 0.2) is 4.99 Å². The lowest BCUT2D eigenvalue weighted by Gasteiger charge is -2.34. The van der Waals surface area contributed by atoms with E-state index >= 15 is 0 Å². The van der Waals surface area contributed by atoms with Crippen molar-refractivity contribution < 1.29 is 9.53 Å². The first-order valence-electron chi connectivity index (χ1n) is 6.90. The number of carbonyl (C=O) groups is 1. The van der Waals surface area contributed by atoms with Gasteiger partial charge in [-0.15, -0.1) is 0 Å². The molecule has 0 saturated carbocycles. The Balaban J connectivity index is 5.26. The van der Waals surface area contributed by atoms with Crippen molar-refractivity contribution >= 4 is 12.1 Å². The van der Waals surface area contributed by atoms with Gasteiger partial charge in [0.05, 0.1) is 12.1 Å². The van der Waals surface area contributed by atoms with Gasteiger partial charge in [0, 0.05) is 12.1 Å². The molecule has 0 aliphatic rings. The summed E-state index contributed by atoms with van der Waals surface area (Å²) in [5.41, 5.74) is -0.267. The smallest absolute Gasteiger partial charge is 0.413 e. The molecule has 1 N–H and O–H groups in total. The summed E-state index contributed by atoms with van der Waals surface area (Å²) in [5, 5.41) is 2.75. The second kappa shape index (κ2) is 7.36. The number of rotatable bonds is 3. The molecule has 0 fully saturated rings. The van der Waals surface area contributed by atoms with Gasteiger partial charge in [0.2, 0.25) is 5.96 Å². The van der Waals surface area contributed by atoms with Crippen molar-refractivity contribution in [3.05, 3.63) is 0 Å². The van der Waals surface area contributed by atoms with E-state index in [9.17, 15) is 4.79 Å². The summed E-state index contributed by atoms with van der Waals surface area (Å²) in [5.74, 6) is 0.566. The second-order valence-electron chi connectivity index (χ2n) is 6.05. The van der Waals surface area contributed by atoms with Crippen LogP contribution in [0.2, 0.25) is 0 Å². The normalized spacial score (nSPS) is 12.8. The molecule has 0 unspecified atom stereocenters. The number of nitrogens with zero attached hydrogens (tertiary/aromatic N) is 2. The van der Waals surface area contributed by atoms with Crippen molar-refractivity contribution in [3.63, 3.8) is 0 Å². The number of hydrogen-bond acceptors (Lipinski definition) is 3. The summed E-state index contributed by atoms with van der Waals surface area (Å²) in [4.78, 5) is 18.3. The minimum Gasteiger partial charge on any atom is -0.450 e. The zero-order valence-corrected chi connectivity index (χ0v) is 13.6. The van der Waals surface area contributed by atoms with Crippen molar-refractivity contribution in [1.82, 2.24) is 10.2 Å². The van der Waals surface area contributed by atoms with Crippen molar-refractivity contribution in [3.8, 4) is 0 Å². The highest BCUT2D eigenvalue weighted by Crippen LogP contribution is 2.12. The van der Waals surface area contributed by atoms with Gasteiger partial charge in [-0.25, -0.2) is 9.79 Å². The lowest BCUT2D eigenvalue weighted by Crippen LogP contribution is -2.51. The van der Waals surface area contributed by atoms with E-state index in [0.29, 0.717) is 12.6 Å². The maximum Gasteiger partial charge on any atom is 0.413 e. The van der Waals surface area contributed by atoms with Gasteiger partial charge in [0.1, 0.15) is 0 Å². The van der Waals surface area contributed by atoms with E-state index in [2.05, 4.69) is 42.9 Å². The molecule has 0 saturated heterocycles. The van der Waals surface area contributed by atoms with E-state index in [1.165, 1.54) is 0 Å². The minimum absolute atomic E-state index is 0.239. The summed E-state index contributed by atoms with van der Waals surface area (Å²) in [6.45, 7) is 16.4. The highest BCUT2D eigenvalue weighted by atomic mass is 16.5. The van der Waals surface area contributed by atoms with Crippen LogP contribution in [-0.4, -0.2) is 41.2 Å². The quantitative estimate of drug-likeness (QED) is 0.634. The number of hydrogen-bond donors (Lipinski definition) is 1. The average molecular weight is 271 g/mol.